The summed E-state index contributed by atoms with van der Waals surface area (Å²) in [5.74, 6) is 0.786. The number of hydrogen-bond donors (Lipinski definition) is 1. The average Bonchev–Trinajstić information content (AvgIpc) is 2.39. The van der Waals surface area contributed by atoms with Crippen molar-refractivity contribution in [3.8, 4) is 5.75 Å². The van der Waals surface area contributed by atoms with E-state index in [1.165, 1.54) is 0 Å². The summed E-state index contributed by atoms with van der Waals surface area (Å²) in [7, 11) is 1.65. The SMILES string of the molecule is COCCOc1cc(N)cc(N2CCOCC2)c1. The molecule has 2 N–H and O–H groups in total. The molecule has 0 saturated carbocycles. The van der Waals surface area contributed by atoms with Gasteiger partial charge in [-0.05, 0) is 6.07 Å². The van der Waals surface area contributed by atoms with E-state index >= 15 is 0 Å². The van der Waals surface area contributed by atoms with Crippen molar-refractivity contribution in [3.63, 3.8) is 0 Å². The number of hydrogen-bond acceptors (Lipinski definition) is 5. The van der Waals surface area contributed by atoms with Gasteiger partial charge in [0.05, 0.1) is 19.8 Å². The number of methoxy groups -OCH3 is 1. The summed E-state index contributed by atoms with van der Waals surface area (Å²) in [6.07, 6.45) is 0. The van der Waals surface area contributed by atoms with Crippen LogP contribution in [0.2, 0.25) is 0 Å². The lowest BCUT2D eigenvalue weighted by Gasteiger charge is -2.29. The minimum atomic E-state index is 0.530. The van der Waals surface area contributed by atoms with Gasteiger partial charge in [0.2, 0.25) is 0 Å². The number of benzene rings is 1. The van der Waals surface area contributed by atoms with Crippen molar-refractivity contribution in [1.82, 2.24) is 0 Å². The monoisotopic (exact) mass is 252 g/mol. The van der Waals surface area contributed by atoms with Crippen molar-refractivity contribution in [1.29, 1.82) is 0 Å². The highest BCUT2D eigenvalue weighted by Gasteiger charge is 2.12. The first-order valence-corrected chi connectivity index (χ1v) is 6.14. The molecule has 1 saturated heterocycles. The molecule has 5 nitrogen and oxygen atoms in total. The molecule has 0 aliphatic carbocycles. The van der Waals surface area contributed by atoms with Gasteiger partial charge in [-0.25, -0.2) is 0 Å². The van der Waals surface area contributed by atoms with Gasteiger partial charge in [0.15, 0.2) is 0 Å². The van der Waals surface area contributed by atoms with E-state index in [1.54, 1.807) is 7.11 Å². The third-order valence-electron chi connectivity index (χ3n) is 2.85. The first-order valence-electron chi connectivity index (χ1n) is 6.14. The van der Waals surface area contributed by atoms with E-state index in [4.69, 9.17) is 19.9 Å². The van der Waals surface area contributed by atoms with E-state index in [-0.39, 0.29) is 0 Å². The molecular weight excluding hydrogens is 232 g/mol. The fourth-order valence-corrected chi connectivity index (χ4v) is 1.94. The number of nitrogens with two attached hydrogens (primary N) is 1. The van der Waals surface area contributed by atoms with Gasteiger partial charge in [-0.1, -0.05) is 0 Å². The van der Waals surface area contributed by atoms with Crippen molar-refractivity contribution in [3.05, 3.63) is 18.2 Å². The number of anilines is 2. The van der Waals surface area contributed by atoms with E-state index < -0.39 is 0 Å². The minimum absolute atomic E-state index is 0.530. The quantitative estimate of drug-likeness (QED) is 0.629. The molecule has 100 valence electrons. The van der Waals surface area contributed by atoms with Crippen LogP contribution in [0.15, 0.2) is 18.2 Å². The molecule has 1 aromatic rings. The van der Waals surface area contributed by atoms with Crippen LogP contribution in [-0.2, 0) is 9.47 Å². The fourth-order valence-electron chi connectivity index (χ4n) is 1.94. The van der Waals surface area contributed by atoms with E-state index in [2.05, 4.69) is 4.90 Å². The predicted octanol–water partition coefficient (Wildman–Crippen LogP) is 1.13. The molecule has 18 heavy (non-hydrogen) atoms. The Hall–Kier alpha value is -1.46. The van der Waals surface area contributed by atoms with Crippen LogP contribution in [0.25, 0.3) is 0 Å². The van der Waals surface area contributed by atoms with Crippen LogP contribution in [0.3, 0.4) is 0 Å². The third kappa shape index (κ3) is 3.51. The van der Waals surface area contributed by atoms with Gasteiger partial charge in [0, 0.05) is 43.7 Å². The minimum Gasteiger partial charge on any atom is -0.491 e. The maximum Gasteiger partial charge on any atom is 0.123 e. The second-order valence-corrected chi connectivity index (χ2v) is 4.20. The van der Waals surface area contributed by atoms with Crippen LogP contribution in [0.4, 0.5) is 11.4 Å². The zero-order valence-corrected chi connectivity index (χ0v) is 10.7. The highest BCUT2D eigenvalue weighted by molar-refractivity contribution is 5.60. The Morgan fingerprint density at radius 1 is 1.22 bits per heavy atom. The maximum atomic E-state index is 5.90. The Labute approximate surface area is 107 Å². The fraction of sp³-hybridized carbons (Fsp3) is 0.538. The molecule has 0 unspecified atom stereocenters. The Kier molecular flexibility index (Phi) is 4.66. The average molecular weight is 252 g/mol. The summed E-state index contributed by atoms with van der Waals surface area (Å²) in [4.78, 5) is 2.25. The third-order valence-corrected chi connectivity index (χ3v) is 2.85. The van der Waals surface area contributed by atoms with Crippen LogP contribution < -0.4 is 15.4 Å². The number of morpholine rings is 1. The summed E-state index contributed by atoms with van der Waals surface area (Å²) in [6, 6.07) is 5.81. The molecule has 0 aromatic heterocycles. The molecule has 1 aromatic carbocycles. The van der Waals surface area contributed by atoms with Crippen molar-refractivity contribution >= 4 is 11.4 Å². The molecule has 1 aliphatic heterocycles. The normalized spacial score (nSPS) is 15.7. The lowest BCUT2D eigenvalue weighted by atomic mass is 10.2. The van der Waals surface area contributed by atoms with E-state index in [1.807, 2.05) is 18.2 Å². The lowest BCUT2D eigenvalue weighted by Crippen LogP contribution is -2.36. The van der Waals surface area contributed by atoms with E-state index in [0.717, 1.165) is 37.7 Å². The maximum absolute atomic E-state index is 5.90. The largest absolute Gasteiger partial charge is 0.491 e. The van der Waals surface area contributed by atoms with Gasteiger partial charge in [-0.15, -0.1) is 0 Å². The van der Waals surface area contributed by atoms with Gasteiger partial charge in [0.1, 0.15) is 12.4 Å². The van der Waals surface area contributed by atoms with Gasteiger partial charge in [0.25, 0.3) is 0 Å². The van der Waals surface area contributed by atoms with E-state index in [0.29, 0.717) is 18.9 Å². The summed E-state index contributed by atoms with van der Waals surface area (Å²) in [5.41, 5.74) is 7.70. The molecule has 0 radical (unpaired) electrons. The lowest BCUT2D eigenvalue weighted by molar-refractivity contribution is 0.122. The Morgan fingerprint density at radius 3 is 2.72 bits per heavy atom. The van der Waals surface area contributed by atoms with Crippen LogP contribution in [-0.4, -0.2) is 46.6 Å². The molecule has 1 fully saturated rings. The second-order valence-electron chi connectivity index (χ2n) is 4.20. The van der Waals surface area contributed by atoms with Gasteiger partial charge >= 0.3 is 0 Å². The topological polar surface area (TPSA) is 57.0 Å². The molecule has 0 atom stereocenters. The summed E-state index contributed by atoms with van der Waals surface area (Å²) < 4.78 is 15.9. The molecule has 2 rings (SSSR count). The van der Waals surface area contributed by atoms with Crippen molar-refractivity contribution in [2.24, 2.45) is 0 Å². The number of nitrogens with zero attached hydrogens (tertiary/aromatic N) is 1. The van der Waals surface area contributed by atoms with Crippen LogP contribution >= 0.6 is 0 Å². The highest BCUT2D eigenvalue weighted by Crippen LogP contribution is 2.26. The van der Waals surface area contributed by atoms with Crippen LogP contribution in [0.1, 0.15) is 0 Å². The number of rotatable bonds is 5. The summed E-state index contributed by atoms with van der Waals surface area (Å²) in [5, 5.41) is 0. The second kappa shape index (κ2) is 6.47. The summed E-state index contributed by atoms with van der Waals surface area (Å²) in [6.45, 7) is 4.40. The smallest absolute Gasteiger partial charge is 0.123 e. The molecular formula is C13H20N2O3. The standard InChI is InChI=1S/C13H20N2O3/c1-16-6-7-18-13-9-11(14)8-12(10-13)15-2-4-17-5-3-15/h8-10H,2-7,14H2,1H3. The van der Waals surface area contributed by atoms with Crippen LogP contribution in [0, 0.1) is 0 Å². The first kappa shape index (κ1) is 13.0. The van der Waals surface area contributed by atoms with Crippen molar-refractivity contribution in [2.45, 2.75) is 0 Å². The molecule has 0 bridgehead atoms. The first-order chi connectivity index (χ1) is 8.79. The number of nitrogen functional groups attached to an aromatic ring is 1. The highest BCUT2D eigenvalue weighted by atomic mass is 16.5. The molecule has 1 aliphatic rings. The molecule has 0 spiro atoms. The van der Waals surface area contributed by atoms with Gasteiger partial charge in [-0.3, -0.25) is 0 Å². The number of ether oxygens (including phenoxy) is 3. The van der Waals surface area contributed by atoms with Crippen molar-refractivity contribution in [2.75, 3.05) is 57.3 Å². The van der Waals surface area contributed by atoms with Gasteiger partial charge < -0.3 is 24.8 Å². The molecule has 1 heterocycles. The van der Waals surface area contributed by atoms with Crippen molar-refractivity contribution < 1.29 is 14.2 Å². The Bertz CT molecular complexity index is 378. The summed E-state index contributed by atoms with van der Waals surface area (Å²) >= 11 is 0. The zero-order chi connectivity index (χ0) is 12.8. The Balaban J connectivity index is 2.05. The van der Waals surface area contributed by atoms with Gasteiger partial charge in [-0.2, -0.15) is 0 Å². The van der Waals surface area contributed by atoms with E-state index in [9.17, 15) is 0 Å². The van der Waals surface area contributed by atoms with Crippen LogP contribution in [0.5, 0.6) is 5.75 Å². The molecule has 0 amide bonds. The zero-order valence-electron chi connectivity index (χ0n) is 10.7. The Morgan fingerprint density at radius 2 is 2.00 bits per heavy atom. The molecule has 5 heteroatoms. The predicted molar refractivity (Wildman–Crippen MR) is 71.3 cm³/mol.